The highest BCUT2D eigenvalue weighted by Crippen LogP contribution is 2.26. The Labute approximate surface area is 152 Å². The van der Waals surface area contributed by atoms with Crippen molar-refractivity contribution in [1.82, 2.24) is 10.7 Å². The van der Waals surface area contributed by atoms with Crippen molar-refractivity contribution < 1.29 is 19.1 Å². The average Bonchev–Trinajstić information content (AvgIpc) is 2.67. The van der Waals surface area contributed by atoms with E-state index in [-0.39, 0.29) is 6.54 Å². The molecule has 0 atom stereocenters. The molecule has 0 spiro atoms. The lowest BCUT2D eigenvalue weighted by Gasteiger charge is -2.07. The van der Waals surface area contributed by atoms with Gasteiger partial charge in [-0.05, 0) is 36.2 Å². The number of hydrogen-bond acceptors (Lipinski definition) is 5. The molecule has 2 aromatic carbocycles. The quantitative estimate of drug-likeness (QED) is 0.470. The molecule has 7 heteroatoms. The van der Waals surface area contributed by atoms with E-state index in [1.807, 2.05) is 31.2 Å². The number of benzene rings is 2. The van der Waals surface area contributed by atoms with Crippen molar-refractivity contribution in [3.63, 3.8) is 0 Å². The second-order valence-electron chi connectivity index (χ2n) is 5.48. The molecule has 0 fully saturated rings. The van der Waals surface area contributed by atoms with E-state index in [2.05, 4.69) is 15.8 Å². The average molecular weight is 355 g/mol. The number of nitrogens with one attached hydrogen (secondary N) is 2. The Bertz CT molecular complexity index is 801. The first-order valence-corrected chi connectivity index (χ1v) is 7.92. The predicted molar refractivity (Wildman–Crippen MR) is 98.3 cm³/mol. The zero-order chi connectivity index (χ0) is 18.9. The third-order valence-electron chi connectivity index (χ3n) is 3.57. The first-order chi connectivity index (χ1) is 12.5. The van der Waals surface area contributed by atoms with Crippen LogP contribution in [-0.2, 0) is 16.1 Å². The number of nitrogens with zero attached hydrogens (tertiary/aromatic N) is 1. The molecule has 0 heterocycles. The Balaban J connectivity index is 1.86. The molecule has 0 aliphatic rings. The molecule has 2 N–H and O–H groups in total. The summed E-state index contributed by atoms with van der Waals surface area (Å²) in [4.78, 5) is 23.5. The lowest BCUT2D eigenvalue weighted by molar-refractivity contribution is -0.139. The molecule has 2 amide bonds. The Kier molecular flexibility index (Phi) is 6.73. The maximum atomic E-state index is 11.8. The van der Waals surface area contributed by atoms with Gasteiger partial charge in [0.2, 0.25) is 0 Å². The number of carbonyl (C=O) groups excluding carboxylic acids is 2. The van der Waals surface area contributed by atoms with Crippen LogP contribution in [0.5, 0.6) is 11.5 Å². The zero-order valence-electron chi connectivity index (χ0n) is 14.9. The van der Waals surface area contributed by atoms with Gasteiger partial charge in [0.15, 0.2) is 11.5 Å². The maximum absolute atomic E-state index is 11.8. The minimum absolute atomic E-state index is 0.270. The fourth-order valence-corrected chi connectivity index (χ4v) is 2.12. The van der Waals surface area contributed by atoms with E-state index in [0.717, 1.165) is 11.1 Å². The van der Waals surface area contributed by atoms with Crippen molar-refractivity contribution in [2.75, 3.05) is 14.2 Å². The number of amides is 2. The molecule has 2 aromatic rings. The minimum atomic E-state index is -0.839. The standard InChI is InChI=1S/C19H21N3O4/c1-13-4-6-14(7-5-13)11-20-18(23)19(24)22-21-12-15-8-9-16(25-2)17(10-15)26-3/h4-10,12H,11H2,1-3H3,(H,20,23)(H,22,24). The molecule has 0 aliphatic heterocycles. The number of methoxy groups -OCH3 is 2. The van der Waals surface area contributed by atoms with Gasteiger partial charge in [0, 0.05) is 6.54 Å². The van der Waals surface area contributed by atoms with Gasteiger partial charge in [-0.3, -0.25) is 9.59 Å². The highest BCUT2D eigenvalue weighted by atomic mass is 16.5. The number of rotatable bonds is 6. The van der Waals surface area contributed by atoms with Gasteiger partial charge >= 0.3 is 11.8 Å². The van der Waals surface area contributed by atoms with Crippen LogP contribution in [0.1, 0.15) is 16.7 Å². The molecule has 0 unspecified atom stereocenters. The van der Waals surface area contributed by atoms with Crippen molar-refractivity contribution in [3.05, 3.63) is 59.2 Å². The molecular weight excluding hydrogens is 334 g/mol. The van der Waals surface area contributed by atoms with Gasteiger partial charge in [0.1, 0.15) is 0 Å². The molecule has 0 saturated carbocycles. The van der Waals surface area contributed by atoms with Crippen LogP contribution >= 0.6 is 0 Å². The van der Waals surface area contributed by atoms with E-state index < -0.39 is 11.8 Å². The van der Waals surface area contributed by atoms with Crippen molar-refractivity contribution in [2.24, 2.45) is 5.10 Å². The number of aryl methyl sites for hydroxylation is 1. The Hall–Kier alpha value is -3.35. The number of ether oxygens (including phenoxy) is 2. The highest BCUT2D eigenvalue weighted by Gasteiger charge is 2.12. The van der Waals surface area contributed by atoms with Crippen LogP contribution in [0.4, 0.5) is 0 Å². The van der Waals surface area contributed by atoms with E-state index in [4.69, 9.17) is 9.47 Å². The van der Waals surface area contributed by atoms with E-state index in [0.29, 0.717) is 17.1 Å². The third kappa shape index (κ3) is 5.34. The Morgan fingerprint density at radius 3 is 2.35 bits per heavy atom. The summed E-state index contributed by atoms with van der Waals surface area (Å²) in [7, 11) is 3.07. The smallest absolute Gasteiger partial charge is 0.329 e. The van der Waals surface area contributed by atoms with Gasteiger partial charge in [-0.2, -0.15) is 5.10 Å². The third-order valence-corrected chi connectivity index (χ3v) is 3.57. The SMILES string of the molecule is COc1ccc(C=NNC(=O)C(=O)NCc2ccc(C)cc2)cc1OC. The van der Waals surface area contributed by atoms with E-state index in [1.165, 1.54) is 13.3 Å². The molecule has 26 heavy (non-hydrogen) atoms. The largest absolute Gasteiger partial charge is 0.493 e. The lowest BCUT2D eigenvalue weighted by atomic mass is 10.1. The van der Waals surface area contributed by atoms with Gasteiger partial charge < -0.3 is 14.8 Å². The van der Waals surface area contributed by atoms with Crippen LogP contribution in [0.15, 0.2) is 47.6 Å². The monoisotopic (exact) mass is 355 g/mol. The fraction of sp³-hybridized carbons (Fsp3) is 0.211. The molecule has 0 saturated heterocycles. The topological polar surface area (TPSA) is 89.0 Å². The molecule has 0 aliphatic carbocycles. The van der Waals surface area contributed by atoms with Crippen molar-refractivity contribution in [2.45, 2.75) is 13.5 Å². The molecular formula is C19H21N3O4. The van der Waals surface area contributed by atoms with Crippen molar-refractivity contribution in [3.8, 4) is 11.5 Å². The van der Waals surface area contributed by atoms with Crippen LogP contribution in [0.2, 0.25) is 0 Å². The zero-order valence-corrected chi connectivity index (χ0v) is 14.9. The summed E-state index contributed by atoms with van der Waals surface area (Å²) >= 11 is 0. The molecule has 0 radical (unpaired) electrons. The summed E-state index contributed by atoms with van der Waals surface area (Å²) in [5.41, 5.74) is 4.91. The summed E-state index contributed by atoms with van der Waals surface area (Å²) in [6.07, 6.45) is 1.41. The van der Waals surface area contributed by atoms with Gasteiger partial charge in [-0.15, -0.1) is 0 Å². The van der Waals surface area contributed by atoms with Crippen LogP contribution in [0.3, 0.4) is 0 Å². The summed E-state index contributed by atoms with van der Waals surface area (Å²) in [6, 6.07) is 12.8. The molecule has 2 rings (SSSR count). The van der Waals surface area contributed by atoms with Gasteiger partial charge in [-0.1, -0.05) is 29.8 Å². The summed E-state index contributed by atoms with van der Waals surface area (Å²) in [5, 5.41) is 6.32. The van der Waals surface area contributed by atoms with Crippen LogP contribution < -0.4 is 20.2 Å². The van der Waals surface area contributed by atoms with Gasteiger partial charge in [0.25, 0.3) is 0 Å². The predicted octanol–water partition coefficient (Wildman–Crippen LogP) is 1.78. The normalized spacial score (nSPS) is 10.4. The first kappa shape index (κ1) is 19.0. The summed E-state index contributed by atoms with van der Waals surface area (Å²) < 4.78 is 10.3. The Morgan fingerprint density at radius 1 is 1.00 bits per heavy atom. The number of hydrogen-bond donors (Lipinski definition) is 2. The number of hydrazone groups is 1. The Morgan fingerprint density at radius 2 is 1.69 bits per heavy atom. The van der Waals surface area contributed by atoms with Crippen LogP contribution in [-0.4, -0.2) is 32.2 Å². The van der Waals surface area contributed by atoms with E-state index >= 15 is 0 Å². The van der Waals surface area contributed by atoms with E-state index in [1.54, 1.807) is 25.3 Å². The van der Waals surface area contributed by atoms with Crippen LogP contribution in [0.25, 0.3) is 0 Å². The molecule has 0 bridgehead atoms. The second-order valence-corrected chi connectivity index (χ2v) is 5.48. The number of carbonyl (C=O) groups is 2. The highest BCUT2D eigenvalue weighted by molar-refractivity contribution is 6.35. The molecule has 136 valence electrons. The van der Waals surface area contributed by atoms with Crippen molar-refractivity contribution in [1.29, 1.82) is 0 Å². The maximum Gasteiger partial charge on any atom is 0.329 e. The van der Waals surface area contributed by atoms with Crippen molar-refractivity contribution >= 4 is 18.0 Å². The lowest BCUT2D eigenvalue weighted by Crippen LogP contribution is -2.37. The van der Waals surface area contributed by atoms with Crippen LogP contribution in [0, 0.1) is 6.92 Å². The fourth-order valence-electron chi connectivity index (χ4n) is 2.12. The second kappa shape index (κ2) is 9.22. The molecule has 7 nitrogen and oxygen atoms in total. The van der Waals surface area contributed by atoms with Gasteiger partial charge in [0.05, 0.1) is 20.4 Å². The minimum Gasteiger partial charge on any atom is -0.493 e. The first-order valence-electron chi connectivity index (χ1n) is 7.92. The van der Waals surface area contributed by atoms with E-state index in [9.17, 15) is 9.59 Å². The molecule has 0 aromatic heterocycles. The summed E-state index contributed by atoms with van der Waals surface area (Å²) in [6.45, 7) is 2.25. The summed E-state index contributed by atoms with van der Waals surface area (Å²) in [5.74, 6) is -0.466. The van der Waals surface area contributed by atoms with Gasteiger partial charge in [-0.25, -0.2) is 5.43 Å².